The smallest absolute Gasteiger partial charge is 0.119 e. The molecule has 3 rings (SSSR count). The highest BCUT2D eigenvalue weighted by molar-refractivity contribution is 9.08. The molecule has 0 radical (unpaired) electrons. The van der Waals surface area contributed by atoms with Crippen molar-refractivity contribution in [2.75, 3.05) is 6.61 Å². The summed E-state index contributed by atoms with van der Waals surface area (Å²) in [5, 5.41) is 5.41. The van der Waals surface area contributed by atoms with E-state index in [1.54, 1.807) is 0 Å². The lowest BCUT2D eigenvalue weighted by Crippen LogP contribution is -2.02. The fourth-order valence-corrected chi connectivity index (χ4v) is 2.77. The van der Waals surface area contributed by atoms with Gasteiger partial charge in [0.2, 0.25) is 0 Å². The van der Waals surface area contributed by atoms with E-state index < -0.39 is 0 Å². The molecule has 0 aliphatic heterocycles. The van der Waals surface area contributed by atoms with Gasteiger partial charge in [0.25, 0.3) is 0 Å². The number of ether oxygens (including phenoxy) is 1. The van der Waals surface area contributed by atoms with Crippen molar-refractivity contribution in [3.63, 3.8) is 0 Å². The number of alkyl halides is 1. The van der Waals surface area contributed by atoms with Crippen molar-refractivity contribution in [1.82, 2.24) is 9.78 Å². The van der Waals surface area contributed by atoms with E-state index in [1.807, 2.05) is 25.3 Å². The van der Waals surface area contributed by atoms with Crippen LogP contribution in [0, 0.1) is 0 Å². The number of aromatic nitrogens is 2. The van der Waals surface area contributed by atoms with Crippen LogP contribution in [0.25, 0.3) is 5.69 Å². The zero-order valence-corrected chi connectivity index (χ0v) is 12.6. The van der Waals surface area contributed by atoms with Crippen molar-refractivity contribution in [3.05, 3.63) is 41.7 Å². The van der Waals surface area contributed by atoms with Crippen LogP contribution in [0.5, 0.6) is 5.75 Å². The zero-order chi connectivity index (χ0) is 13.2. The molecule has 0 N–H and O–H groups in total. The molecule has 0 atom stereocenters. The molecule has 1 aliphatic carbocycles. The Morgan fingerprint density at radius 1 is 1.32 bits per heavy atom. The van der Waals surface area contributed by atoms with E-state index in [0.29, 0.717) is 12.5 Å². The molecule has 1 aromatic heterocycles. The van der Waals surface area contributed by atoms with Crippen LogP contribution in [0.4, 0.5) is 0 Å². The molecule has 0 saturated heterocycles. The summed E-state index contributed by atoms with van der Waals surface area (Å²) in [6.45, 7) is 2.69. The molecule has 3 nitrogen and oxygen atoms in total. The first-order valence-corrected chi connectivity index (χ1v) is 7.81. The molecule has 0 spiro atoms. The van der Waals surface area contributed by atoms with Gasteiger partial charge in [0, 0.05) is 16.8 Å². The summed E-state index contributed by atoms with van der Waals surface area (Å²) < 4.78 is 7.55. The minimum atomic E-state index is 0.682. The molecular weight excluding hydrogens is 304 g/mol. The van der Waals surface area contributed by atoms with Crippen LogP contribution in [-0.4, -0.2) is 16.4 Å². The zero-order valence-electron chi connectivity index (χ0n) is 11.0. The first-order chi connectivity index (χ1) is 9.33. The molecule has 1 saturated carbocycles. The molecule has 0 unspecified atom stereocenters. The largest absolute Gasteiger partial charge is 0.494 e. The van der Waals surface area contributed by atoms with E-state index in [1.165, 1.54) is 24.1 Å². The molecule has 1 fully saturated rings. The van der Waals surface area contributed by atoms with E-state index in [0.717, 1.165) is 16.8 Å². The summed E-state index contributed by atoms with van der Waals surface area (Å²) in [7, 11) is 0. The Morgan fingerprint density at radius 3 is 2.63 bits per heavy atom. The van der Waals surface area contributed by atoms with Crippen molar-refractivity contribution in [2.45, 2.75) is 31.0 Å². The van der Waals surface area contributed by atoms with Crippen molar-refractivity contribution >= 4 is 15.9 Å². The Bertz CT molecular complexity index is 558. The molecular formula is C15H17BrN2O. The molecule has 19 heavy (non-hydrogen) atoms. The Balaban J connectivity index is 1.95. The van der Waals surface area contributed by atoms with Crippen LogP contribution in [0.2, 0.25) is 0 Å². The second-order valence-corrected chi connectivity index (χ2v) is 5.36. The maximum Gasteiger partial charge on any atom is 0.119 e. The van der Waals surface area contributed by atoms with Gasteiger partial charge in [-0.05, 0) is 44.0 Å². The maximum atomic E-state index is 5.48. The monoisotopic (exact) mass is 320 g/mol. The number of hydrogen-bond donors (Lipinski definition) is 0. The summed E-state index contributed by atoms with van der Waals surface area (Å²) in [6, 6.07) is 8.15. The van der Waals surface area contributed by atoms with Crippen LogP contribution < -0.4 is 4.74 Å². The summed E-state index contributed by atoms with van der Waals surface area (Å²) >= 11 is 3.55. The quantitative estimate of drug-likeness (QED) is 0.777. The van der Waals surface area contributed by atoms with Crippen LogP contribution in [0.3, 0.4) is 0 Å². The van der Waals surface area contributed by atoms with Crippen LogP contribution in [-0.2, 0) is 5.33 Å². The summed E-state index contributed by atoms with van der Waals surface area (Å²) in [5.74, 6) is 1.59. The summed E-state index contributed by atoms with van der Waals surface area (Å²) in [5.41, 5.74) is 3.77. The second-order valence-electron chi connectivity index (χ2n) is 4.80. The molecule has 1 aliphatic rings. The average Bonchev–Trinajstić information content (AvgIpc) is 3.19. The van der Waals surface area contributed by atoms with E-state index in [4.69, 9.17) is 4.74 Å². The van der Waals surface area contributed by atoms with Crippen molar-refractivity contribution in [1.29, 1.82) is 0 Å². The van der Waals surface area contributed by atoms with Crippen molar-refractivity contribution in [3.8, 4) is 11.4 Å². The average molecular weight is 321 g/mol. The SMILES string of the molecule is CCOc1ccc(-n2ncc(CBr)c2C2CC2)cc1. The molecule has 1 heterocycles. The van der Waals surface area contributed by atoms with Gasteiger partial charge >= 0.3 is 0 Å². The fraction of sp³-hybridized carbons (Fsp3) is 0.400. The van der Waals surface area contributed by atoms with Crippen LogP contribution in [0.15, 0.2) is 30.5 Å². The van der Waals surface area contributed by atoms with E-state index in [-0.39, 0.29) is 0 Å². The lowest BCUT2D eigenvalue weighted by molar-refractivity contribution is 0.340. The number of rotatable bonds is 5. The maximum absolute atomic E-state index is 5.48. The van der Waals surface area contributed by atoms with Gasteiger partial charge in [-0.2, -0.15) is 5.10 Å². The lowest BCUT2D eigenvalue weighted by atomic mass is 10.2. The lowest BCUT2D eigenvalue weighted by Gasteiger charge is -2.09. The van der Waals surface area contributed by atoms with Crippen molar-refractivity contribution < 1.29 is 4.74 Å². The highest BCUT2D eigenvalue weighted by atomic mass is 79.9. The predicted octanol–water partition coefficient (Wildman–Crippen LogP) is 4.04. The third-order valence-electron chi connectivity index (χ3n) is 3.39. The molecule has 4 heteroatoms. The molecule has 100 valence electrons. The first-order valence-electron chi connectivity index (χ1n) is 6.69. The normalized spacial score (nSPS) is 14.6. The minimum absolute atomic E-state index is 0.682. The highest BCUT2D eigenvalue weighted by Crippen LogP contribution is 2.42. The summed E-state index contributed by atoms with van der Waals surface area (Å²) in [4.78, 5) is 0. The van der Waals surface area contributed by atoms with E-state index in [2.05, 4.69) is 37.8 Å². The van der Waals surface area contributed by atoms with Crippen LogP contribution in [0.1, 0.15) is 36.9 Å². The molecule has 0 amide bonds. The van der Waals surface area contributed by atoms with Crippen LogP contribution >= 0.6 is 15.9 Å². The standard InChI is InChI=1S/C15H17BrN2O/c1-2-19-14-7-5-13(6-8-14)18-15(11-3-4-11)12(9-16)10-17-18/h5-8,10-11H,2-4,9H2,1H3. The van der Waals surface area contributed by atoms with Gasteiger partial charge in [-0.15, -0.1) is 0 Å². The third kappa shape index (κ3) is 2.54. The third-order valence-corrected chi connectivity index (χ3v) is 3.99. The Labute approximate surface area is 121 Å². The number of nitrogens with zero attached hydrogens (tertiary/aromatic N) is 2. The number of benzene rings is 1. The van der Waals surface area contributed by atoms with Gasteiger partial charge in [-0.25, -0.2) is 4.68 Å². The Hall–Kier alpha value is -1.29. The van der Waals surface area contributed by atoms with E-state index >= 15 is 0 Å². The number of halogens is 1. The Morgan fingerprint density at radius 2 is 2.05 bits per heavy atom. The second kappa shape index (κ2) is 5.37. The molecule has 1 aromatic carbocycles. The van der Waals surface area contributed by atoms with Gasteiger partial charge in [0.05, 0.1) is 24.2 Å². The molecule has 0 bridgehead atoms. The van der Waals surface area contributed by atoms with Gasteiger partial charge in [0.15, 0.2) is 0 Å². The van der Waals surface area contributed by atoms with Gasteiger partial charge in [-0.3, -0.25) is 0 Å². The van der Waals surface area contributed by atoms with Gasteiger partial charge in [-0.1, -0.05) is 15.9 Å². The molecule has 2 aromatic rings. The summed E-state index contributed by atoms with van der Waals surface area (Å²) in [6.07, 6.45) is 4.53. The predicted molar refractivity (Wildman–Crippen MR) is 79.3 cm³/mol. The fourth-order valence-electron chi connectivity index (χ4n) is 2.34. The number of hydrogen-bond acceptors (Lipinski definition) is 2. The first kappa shape index (κ1) is 12.7. The minimum Gasteiger partial charge on any atom is -0.494 e. The Kier molecular flexibility index (Phi) is 3.60. The van der Waals surface area contributed by atoms with Gasteiger partial charge < -0.3 is 4.74 Å². The topological polar surface area (TPSA) is 27.1 Å². The highest BCUT2D eigenvalue weighted by Gasteiger charge is 2.30. The van der Waals surface area contributed by atoms with Gasteiger partial charge in [0.1, 0.15) is 5.75 Å². The van der Waals surface area contributed by atoms with E-state index in [9.17, 15) is 0 Å². The van der Waals surface area contributed by atoms with Crippen molar-refractivity contribution in [2.24, 2.45) is 0 Å².